The first-order valence-electron chi connectivity index (χ1n) is 6.72. The van der Waals surface area contributed by atoms with E-state index in [2.05, 4.69) is 56.3 Å². The van der Waals surface area contributed by atoms with Crippen LogP contribution in [0.1, 0.15) is 34.2 Å². The van der Waals surface area contributed by atoms with E-state index in [0.717, 1.165) is 5.75 Å². The van der Waals surface area contributed by atoms with Crippen LogP contribution in [0.5, 0.6) is 0 Å². The zero-order valence-corrected chi connectivity index (χ0v) is 12.2. The number of thioether (sulfide) groups is 1. The summed E-state index contributed by atoms with van der Waals surface area (Å²) in [6, 6.07) is 15.2. The summed E-state index contributed by atoms with van der Waals surface area (Å²) in [5.41, 5.74) is 11.9. The van der Waals surface area contributed by atoms with Crippen LogP contribution in [0, 0.1) is 13.8 Å². The Balaban J connectivity index is 1.98. The van der Waals surface area contributed by atoms with E-state index in [4.69, 9.17) is 5.73 Å². The van der Waals surface area contributed by atoms with E-state index in [1.165, 1.54) is 27.1 Å². The number of rotatable bonds is 2. The Labute approximate surface area is 119 Å². The molecule has 2 aromatic rings. The molecule has 3 rings (SSSR count). The lowest BCUT2D eigenvalue weighted by atomic mass is 9.86. The zero-order chi connectivity index (χ0) is 13.4. The Morgan fingerprint density at radius 1 is 1.11 bits per heavy atom. The average Bonchev–Trinajstić information content (AvgIpc) is 2.85. The molecule has 0 aromatic heterocycles. The maximum Gasteiger partial charge on any atom is 0.0375 e. The van der Waals surface area contributed by atoms with Gasteiger partial charge in [-0.2, -0.15) is 0 Å². The monoisotopic (exact) mass is 269 g/mol. The molecule has 98 valence electrons. The lowest BCUT2D eigenvalue weighted by molar-refractivity contribution is 0.604. The molecule has 1 nitrogen and oxygen atoms in total. The second-order valence-corrected chi connectivity index (χ2v) is 6.33. The molecule has 2 unspecified atom stereocenters. The van der Waals surface area contributed by atoms with E-state index >= 15 is 0 Å². The fourth-order valence-electron chi connectivity index (χ4n) is 2.84. The van der Waals surface area contributed by atoms with Gasteiger partial charge in [-0.15, -0.1) is 11.8 Å². The Morgan fingerprint density at radius 2 is 1.89 bits per heavy atom. The van der Waals surface area contributed by atoms with Gasteiger partial charge in [-0.25, -0.2) is 0 Å². The van der Waals surface area contributed by atoms with Gasteiger partial charge >= 0.3 is 0 Å². The van der Waals surface area contributed by atoms with Crippen molar-refractivity contribution in [3.05, 3.63) is 64.7 Å². The molecule has 1 heterocycles. The summed E-state index contributed by atoms with van der Waals surface area (Å²) in [4.78, 5) is 1.40. The van der Waals surface area contributed by atoms with Gasteiger partial charge in [-0.1, -0.05) is 36.4 Å². The van der Waals surface area contributed by atoms with Gasteiger partial charge in [0.25, 0.3) is 0 Å². The second-order valence-electron chi connectivity index (χ2n) is 5.27. The topological polar surface area (TPSA) is 26.0 Å². The predicted molar refractivity (Wildman–Crippen MR) is 82.8 cm³/mol. The number of nitrogens with two attached hydrogens (primary N) is 1. The molecule has 2 atom stereocenters. The number of hydrogen-bond acceptors (Lipinski definition) is 2. The molecular weight excluding hydrogens is 250 g/mol. The quantitative estimate of drug-likeness (QED) is 0.884. The van der Waals surface area contributed by atoms with Crippen LogP contribution in [0.4, 0.5) is 0 Å². The molecule has 0 bridgehead atoms. The molecule has 0 amide bonds. The van der Waals surface area contributed by atoms with Crippen LogP contribution in [-0.2, 0) is 0 Å². The molecule has 2 aromatic carbocycles. The standard InChI is InChI=1S/C17H19NS/c1-11-6-5-8-13(12(11)2)17(18)15-10-19-16-9-4-3-7-14(15)16/h3-9,15,17H,10,18H2,1-2H3. The van der Waals surface area contributed by atoms with E-state index < -0.39 is 0 Å². The molecule has 1 aliphatic rings. The second kappa shape index (κ2) is 5.03. The molecule has 0 saturated heterocycles. The van der Waals surface area contributed by atoms with Gasteiger partial charge in [-0.05, 0) is 42.2 Å². The number of aryl methyl sites for hydroxylation is 1. The third-order valence-corrected chi connectivity index (χ3v) is 5.38. The smallest absolute Gasteiger partial charge is 0.0375 e. The molecule has 0 fully saturated rings. The average molecular weight is 269 g/mol. The van der Waals surface area contributed by atoms with E-state index in [1.807, 2.05) is 11.8 Å². The van der Waals surface area contributed by atoms with E-state index in [1.54, 1.807) is 0 Å². The molecule has 0 spiro atoms. The van der Waals surface area contributed by atoms with Crippen molar-refractivity contribution in [2.75, 3.05) is 5.75 Å². The third kappa shape index (κ3) is 2.19. The van der Waals surface area contributed by atoms with E-state index in [0.29, 0.717) is 5.92 Å². The molecule has 0 radical (unpaired) electrons. The number of hydrogen-bond donors (Lipinski definition) is 1. The summed E-state index contributed by atoms with van der Waals surface area (Å²) in [7, 11) is 0. The summed E-state index contributed by atoms with van der Waals surface area (Å²) in [6.07, 6.45) is 0. The zero-order valence-electron chi connectivity index (χ0n) is 11.4. The highest BCUT2D eigenvalue weighted by atomic mass is 32.2. The normalized spacial score (nSPS) is 19.2. The SMILES string of the molecule is Cc1cccc(C(N)C2CSc3ccccc32)c1C. The number of benzene rings is 2. The van der Waals surface area contributed by atoms with Crippen molar-refractivity contribution in [1.82, 2.24) is 0 Å². The maximum atomic E-state index is 6.57. The lowest BCUT2D eigenvalue weighted by Crippen LogP contribution is -2.21. The van der Waals surface area contributed by atoms with Gasteiger partial charge in [0.2, 0.25) is 0 Å². The van der Waals surface area contributed by atoms with Crippen molar-refractivity contribution in [2.45, 2.75) is 30.7 Å². The van der Waals surface area contributed by atoms with Gasteiger partial charge < -0.3 is 5.73 Å². The third-order valence-electron chi connectivity index (χ3n) is 4.18. The Morgan fingerprint density at radius 3 is 2.74 bits per heavy atom. The molecule has 1 aliphatic heterocycles. The maximum absolute atomic E-state index is 6.57. The van der Waals surface area contributed by atoms with Crippen molar-refractivity contribution in [3.8, 4) is 0 Å². The minimum absolute atomic E-state index is 0.0936. The summed E-state index contributed by atoms with van der Waals surface area (Å²) in [5.74, 6) is 1.52. The van der Waals surface area contributed by atoms with E-state index in [9.17, 15) is 0 Å². The highest BCUT2D eigenvalue weighted by molar-refractivity contribution is 7.99. The van der Waals surface area contributed by atoms with Gasteiger partial charge in [-0.3, -0.25) is 0 Å². The first-order chi connectivity index (χ1) is 9.18. The van der Waals surface area contributed by atoms with Crippen molar-refractivity contribution in [1.29, 1.82) is 0 Å². The molecule has 2 N–H and O–H groups in total. The Bertz CT molecular complexity index is 606. The van der Waals surface area contributed by atoms with Crippen LogP contribution in [0.3, 0.4) is 0 Å². The van der Waals surface area contributed by atoms with Crippen LogP contribution in [0.2, 0.25) is 0 Å². The Kier molecular flexibility index (Phi) is 3.38. The van der Waals surface area contributed by atoms with Crippen LogP contribution in [0.15, 0.2) is 47.4 Å². The Hall–Kier alpha value is -1.25. The number of fused-ring (bicyclic) bond motifs is 1. The first-order valence-corrected chi connectivity index (χ1v) is 7.70. The lowest BCUT2D eigenvalue weighted by Gasteiger charge is -2.22. The fourth-order valence-corrected chi connectivity index (χ4v) is 4.14. The van der Waals surface area contributed by atoms with Crippen LogP contribution < -0.4 is 5.73 Å². The minimum Gasteiger partial charge on any atom is -0.323 e. The highest BCUT2D eigenvalue weighted by Crippen LogP contribution is 2.45. The van der Waals surface area contributed by atoms with Crippen molar-refractivity contribution in [2.24, 2.45) is 5.73 Å². The molecule has 0 saturated carbocycles. The van der Waals surface area contributed by atoms with Crippen LogP contribution in [-0.4, -0.2) is 5.75 Å². The minimum atomic E-state index is 0.0936. The van der Waals surface area contributed by atoms with Gasteiger partial charge in [0.1, 0.15) is 0 Å². The van der Waals surface area contributed by atoms with Crippen molar-refractivity contribution in [3.63, 3.8) is 0 Å². The van der Waals surface area contributed by atoms with Crippen molar-refractivity contribution < 1.29 is 0 Å². The first kappa shape index (κ1) is 12.8. The molecular formula is C17H19NS. The summed E-state index contributed by atoms with van der Waals surface area (Å²) >= 11 is 1.93. The molecule has 19 heavy (non-hydrogen) atoms. The van der Waals surface area contributed by atoms with E-state index in [-0.39, 0.29) is 6.04 Å². The van der Waals surface area contributed by atoms with Crippen LogP contribution in [0.25, 0.3) is 0 Å². The van der Waals surface area contributed by atoms with Gasteiger partial charge in [0.15, 0.2) is 0 Å². The van der Waals surface area contributed by atoms with Crippen LogP contribution >= 0.6 is 11.8 Å². The fraction of sp³-hybridized carbons (Fsp3) is 0.294. The predicted octanol–water partition coefficient (Wildman–Crippen LogP) is 4.19. The van der Waals surface area contributed by atoms with Crippen molar-refractivity contribution >= 4 is 11.8 Å². The summed E-state index contributed by atoms with van der Waals surface area (Å²) < 4.78 is 0. The molecule has 0 aliphatic carbocycles. The summed E-state index contributed by atoms with van der Waals surface area (Å²) in [6.45, 7) is 4.33. The highest BCUT2D eigenvalue weighted by Gasteiger charge is 2.29. The van der Waals surface area contributed by atoms with Gasteiger partial charge in [0.05, 0.1) is 0 Å². The molecule has 2 heteroatoms. The van der Waals surface area contributed by atoms with Gasteiger partial charge in [0, 0.05) is 22.6 Å². The largest absolute Gasteiger partial charge is 0.323 e. The summed E-state index contributed by atoms with van der Waals surface area (Å²) in [5, 5.41) is 0.